The van der Waals surface area contributed by atoms with Crippen LogP contribution in [-0.2, 0) is 4.79 Å². The van der Waals surface area contributed by atoms with Crippen molar-refractivity contribution in [2.75, 3.05) is 13.1 Å². The first-order chi connectivity index (χ1) is 8.19. The van der Waals surface area contributed by atoms with Gasteiger partial charge in [-0.05, 0) is 27.2 Å². The molecule has 0 radical (unpaired) electrons. The van der Waals surface area contributed by atoms with Gasteiger partial charge in [0.2, 0.25) is 0 Å². The summed E-state index contributed by atoms with van der Waals surface area (Å²) in [6.07, 6.45) is 0.459. The van der Waals surface area contributed by atoms with Crippen molar-refractivity contribution in [2.24, 2.45) is 0 Å². The molecule has 6 nitrogen and oxygen atoms in total. The first kappa shape index (κ1) is 16.7. The molecule has 106 valence electrons. The lowest BCUT2D eigenvalue weighted by Crippen LogP contribution is -2.49. The molecule has 0 aromatic carbocycles. The molecule has 0 aliphatic rings. The van der Waals surface area contributed by atoms with Crippen LogP contribution in [0.15, 0.2) is 0 Å². The van der Waals surface area contributed by atoms with Crippen molar-refractivity contribution in [2.45, 2.75) is 52.2 Å². The highest BCUT2D eigenvalue weighted by Crippen LogP contribution is 2.06. The minimum atomic E-state index is -0.970. The van der Waals surface area contributed by atoms with Crippen molar-refractivity contribution in [3.05, 3.63) is 0 Å². The van der Waals surface area contributed by atoms with Gasteiger partial charge in [-0.1, -0.05) is 6.92 Å². The van der Waals surface area contributed by atoms with E-state index in [4.69, 9.17) is 5.11 Å². The van der Waals surface area contributed by atoms with E-state index in [-0.39, 0.29) is 25.0 Å². The molecule has 0 fully saturated rings. The van der Waals surface area contributed by atoms with E-state index >= 15 is 0 Å². The Morgan fingerprint density at radius 3 is 2.22 bits per heavy atom. The molecule has 3 N–H and O–H groups in total. The molecule has 1 unspecified atom stereocenters. The van der Waals surface area contributed by atoms with Gasteiger partial charge >= 0.3 is 12.0 Å². The monoisotopic (exact) mass is 260 g/mol. The van der Waals surface area contributed by atoms with Gasteiger partial charge in [0.1, 0.15) is 0 Å². The average Bonchev–Trinajstić information content (AvgIpc) is 2.22. The molecule has 1 atom stereocenters. The molecule has 0 rings (SSSR count). The molecule has 2 amide bonds. The number of carboxylic acids is 1. The van der Waals surface area contributed by atoms with Crippen LogP contribution >= 0.6 is 0 Å². The van der Waals surface area contributed by atoms with Crippen LogP contribution in [0.4, 0.5) is 4.79 Å². The zero-order chi connectivity index (χ0) is 14.3. The summed E-state index contributed by atoms with van der Waals surface area (Å²) in [5.41, 5.74) is -0.970. The number of aliphatic carboxylic acids is 1. The summed E-state index contributed by atoms with van der Waals surface area (Å²) < 4.78 is 0. The van der Waals surface area contributed by atoms with Crippen LogP contribution in [0.3, 0.4) is 0 Å². The van der Waals surface area contributed by atoms with Crippen LogP contribution in [0, 0.1) is 0 Å². The van der Waals surface area contributed by atoms with Crippen LogP contribution in [-0.4, -0.2) is 51.8 Å². The number of hydrogen-bond donors (Lipinski definition) is 3. The molecule has 0 saturated carbocycles. The maximum absolute atomic E-state index is 11.9. The van der Waals surface area contributed by atoms with Crippen molar-refractivity contribution in [3.63, 3.8) is 0 Å². The first-order valence-electron chi connectivity index (χ1n) is 6.19. The van der Waals surface area contributed by atoms with Gasteiger partial charge in [-0.3, -0.25) is 4.79 Å². The molecule has 0 aromatic rings. The Morgan fingerprint density at radius 2 is 1.89 bits per heavy atom. The highest BCUT2D eigenvalue weighted by atomic mass is 16.4. The van der Waals surface area contributed by atoms with Crippen LogP contribution < -0.4 is 5.32 Å². The van der Waals surface area contributed by atoms with Crippen LogP contribution in [0.2, 0.25) is 0 Å². The van der Waals surface area contributed by atoms with Crippen LogP contribution in [0.1, 0.15) is 40.5 Å². The second-order valence-electron chi connectivity index (χ2n) is 4.98. The smallest absolute Gasteiger partial charge is 0.317 e. The number of aliphatic hydroxyl groups is 1. The van der Waals surface area contributed by atoms with Crippen molar-refractivity contribution >= 4 is 12.0 Å². The van der Waals surface area contributed by atoms with Crippen molar-refractivity contribution < 1.29 is 19.8 Å². The largest absolute Gasteiger partial charge is 0.481 e. The quantitative estimate of drug-likeness (QED) is 0.638. The van der Waals surface area contributed by atoms with E-state index in [0.29, 0.717) is 13.0 Å². The first-order valence-corrected chi connectivity index (χ1v) is 6.19. The van der Waals surface area contributed by atoms with Crippen LogP contribution in [0.25, 0.3) is 0 Å². The van der Waals surface area contributed by atoms with E-state index in [1.807, 2.05) is 13.8 Å². The second-order valence-corrected chi connectivity index (χ2v) is 4.98. The van der Waals surface area contributed by atoms with E-state index in [2.05, 4.69) is 5.32 Å². The van der Waals surface area contributed by atoms with Gasteiger partial charge in [-0.25, -0.2) is 4.79 Å². The number of carbonyl (C=O) groups is 2. The Morgan fingerprint density at radius 1 is 1.33 bits per heavy atom. The van der Waals surface area contributed by atoms with Crippen molar-refractivity contribution in [3.8, 4) is 0 Å². The summed E-state index contributed by atoms with van der Waals surface area (Å²) in [7, 11) is 0. The van der Waals surface area contributed by atoms with Gasteiger partial charge < -0.3 is 20.4 Å². The summed E-state index contributed by atoms with van der Waals surface area (Å²) in [4.78, 5) is 24.0. The lowest BCUT2D eigenvalue weighted by atomic mass is 10.1. The normalized spacial score (nSPS) is 12.9. The second kappa shape index (κ2) is 7.20. The molecule has 6 heteroatoms. The molecule has 0 aliphatic carbocycles. The Hall–Kier alpha value is -1.30. The topological polar surface area (TPSA) is 89.9 Å². The Balaban J connectivity index is 4.46. The summed E-state index contributed by atoms with van der Waals surface area (Å²) in [5.74, 6) is -0.937. The Labute approximate surface area is 108 Å². The van der Waals surface area contributed by atoms with E-state index in [1.54, 1.807) is 13.8 Å². The summed E-state index contributed by atoms with van der Waals surface area (Å²) in [6, 6.07) is -0.724. The lowest BCUT2D eigenvalue weighted by Gasteiger charge is -2.29. The van der Waals surface area contributed by atoms with E-state index < -0.39 is 11.6 Å². The zero-order valence-electron chi connectivity index (χ0n) is 11.6. The molecule has 0 aromatic heterocycles. The molecule has 0 aliphatic heterocycles. The maximum atomic E-state index is 11.9. The molecular weight excluding hydrogens is 236 g/mol. The van der Waals surface area contributed by atoms with E-state index in [0.717, 1.165) is 0 Å². The molecule has 0 spiro atoms. The number of likely N-dealkylation sites (N-methyl/N-ethyl adjacent to an activating group) is 1. The Kier molecular flexibility index (Phi) is 6.68. The number of amides is 2. The van der Waals surface area contributed by atoms with Gasteiger partial charge in [0.15, 0.2) is 0 Å². The van der Waals surface area contributed by atoms with Gasteiger partial charge in [-0.15, -0.1) is 0 Å². The van der Waals surface area contributed by atoms with Crippen molar-refractivity contribution in [1.82, 2.24) is 10.2 Å². The van der Waals surface area contributed by atoms with Crippen LogP contribution in [0.5, 0.6) is 0 Å². The fourth-order valence-electron chi connectivity index (χ4n) is 1.57. The third-order valence-electron chi connectivity index (χ3n) is 2.49. The SMILES string of the molecule is CCC(CC(=O)O)NC(=O)N(CC)CC(C)(C)O. The number of rotatable bonds is 7. The fourth-order valence-corrected chi connectivity index (χ4v) is 1.57. The lowest BCUT2D eigenvalue weighted by molar-refractivity contribution is -0.137. The number of carboxylic acid groups (broad SMARTS) is 1. The third-order valence-corrected chi connectivity index (χ3v) is 2.49. The van der Waals surface area contributed by atoms with Gasteiger partial charge in [0, 0.05) is 12.6 Å². The minimum Gasteiger partial charge on any atom is -0.481 e. The predicted octanol–water partition coefficient (Wildman–Crippen LogP) is 1.04. The van der Waals surface area contributed by atoms with E-state index in [9.17, 15) is 14.7 Å². The standard InChI is InChI=1S/C12H24N2O4/c1-5-9(7-10(15)16)13-11(17)14(6-2)8-12(3,4)18/h9,18H,5-8H2,1-4H3,(H,13,17)(H,15,16). The fraction of sp³-hybridized carbons (Fsp3) is 0.833. The zero-order valence-corrected chi connectivity index (χ0v) is 11.6. The maximum Gasteiger partial charge on any atom is 0.317 e. The molecule has 0 heterocycles. The number of nitrogens with one attached hydrogen (secondary N) is 1. The van der Waals surface area contributed by atoms with Gasteiger partial charge in [0.25, 0.3) is 0 Å². The molecular formula is C12H24N2O4. The van der Waals surface area contributed by atoms with Crippen molar-refractivity contribution in [1.29, 1.82) is 0 Å². The summed E-state index contributed by atoms with van der Waals surface area (Å²) >= 11 is 0. The number of nitrogens with zero attached hydrogens (tertiary/aromatic N) is 1. The average molecular weight is 260 g/mol. The molecule has 0 bridgehead atoms. The number of hydrogen-bond acceptors (Lipinski definition) is 3. The molecule has 18 heavy (non-hydrogen) atoms. The summed E-state index contributed by atoms with van der Waals surface area (Å²) in [5, 5.41) is 21.1. The predicted molar refractivity (Wildman–Crippen MR) is 68.4 cm³/mol. The van der Waals surface area contributed by atoms with Gasteiger partial charge in [0.05, 0.1) is 18.6 Å². The summed E-state index contributed by atoms with van der Waals surface area (Å²) in [6.45, 7) is 7.54. The molecule has 0 saturated heterocycles. The highest BCUT2D eigenvalue weighted by molar-refractivity contribution is 5.76. The number of urea groups is 1. The minimum absolute atomic E-state index is 0.0949. The van der Waals surface area contributed by atoms with Gasteiger partial charge in [-0.2, -0.15) is 0 Å². The highest BCUT2D eigenvalue weighted by Gasteiger charge is 2.23. The number of carbonyl (C=O) groups excluding carboxylic acids is 1. The third kappa shape index (κ3) is 7.11. The van der Waals surface area contributed by atoms with E-state index in [1.165, 1.54) is 4.90 Å². The Bertz CT molecular complexity index is 286.